The van der Waals surface area contributed by atoms with E-state index in [2.05, 4.69) is 4.90 Å². The molecule has 162 valence electrons. The predicted molar refractivity (Wildman–Crippen MR) is 117 cm³/mol. The Kier molecular flexibility index (Phi) is 6.09. The Morgan fingerprint density at radius 3 is 2.87 bits per heavy atom. The Morgan fingerprint density at radius 2 is 2.10 bits per heavy atom. The molecule has 4 rings (SSSR count). The summed E-state index contributed by atoms with van der Waals surface area (Å²) in [5.41, 5.74) is 2.98. The van der Waals surface area contributed by atoms with Crippen molar-refractivity contribution < 1.29 is 24.2 Å². The number of rotatable bonds is 5. The molecule has 1 N–H and O–H groups in total. The number of aryl methyl sites for hydroxylation is 1. The molecular formula is C25H27NO5. The van der Waals surface area contributed by atoms with Crippen LogP contribution in [0.15, 0.2) is 42.2 Å². The van der Waals surface area contributed by atoms with Crippen LogP contribution in [0.4, 0.5) is 0 Å². The number of hydrogen-bond acceptors (Lipinski definition) is 6. The van der Waals surface area contributed by atoms with Crippen molar-refractivity contribution >= 4 is 17.8 Å². The second kappa shape index (κ2) is 8.94. The Labute approximate surface area is 182 Å². The lowest BCUT2D eigenvalue weighted by Crippen LogP contribution is -2.39. The van der Waals surface area contributed by atoms with Crippen molar-refractivity contribution in [2.45, 2.75) is 33.2 Å². The molecule has 2 aromatic rings. The molecule has 1 atom stereocenters. The van der Waals surface area contributed by atoms with Crippen molar-refractivity contribution in [3.05, 3.63) is 64.4 Å². The van der Waals surface area contributed by atoms with E-state index < -0.39 is 0 Å². The van der Waals surface area contributed by atoms with Crippen molar-refractivity contribution in [3.63, 3.8) is 0 Å². The zero-order chi connectivity index (χ0) is 22.0. The highest BCUT2D eigenvalue weighted by Crippen LogP contribution is 2.40. The van der Waals surface area contributed by atoms with Gasteiger partial charge in [-0.05, 0) is 62.6 Å². The lowest BCUT2D eigenvalue weighted by Gasteiger charge is -2.31. The molecule has 1 unspecified atom stereocenters. The Balaban J connectivity index is 1.58. The minimum atomic E-state index is -0.192. The van der Waals surface area contributed by atoms with Gasteiger partial charge in [-0.2, -0.15) is 0 Å². The largest absolute Gasteiger partial charge is 0.507 e. The summed E-state index contributed by atoms with van der Waals surface area (Å²) in [6.45, 7) is 5.91. The van der Waals surface area contributed by atoms with Crippen LogP contribution in [0.3, 0.4) is 0 Å². The van der Waals surface area contributed by atoms with E-state index in [0.29, 0.717) is 36.6 Å². The van der Waals surface area contributed by atoms with Crippen LogP contribution in [0, 0.1) is 12.8 Å². The second-order valence-corrected chi connectivity index (χ2v) is 8.06. The smallest absolute Gasteiger partial charge is 0.310 e. The topological polar surface area (TPSA) is 76.1 Å². The van der Waals surface area contributed by atoms with Gasteiger partial charge in [0.05, 0.1) is 23.7 Å². The molecule has 0 saturated carbocycles. The Bertz CT molecular complexity index is 1040. The number of Topliss-reactive ketones (excluding diaryl/α,β-unsaturated/α-hetero) is 1. The highest BCUT2D eigenvalue weighted by molar-refractivity contribution is 6.15. The molecule has 0 bridgehead atoms. The summed E-state index contributed by atoms with van der Waals surface area (Å²) in [4.78, 5) is 27.2. The summed E-state index contributed by atoms with van der Waals surface area (Å²) in [6.07, 6.45) is 3.42. The van der Waals surface area contributed by atoms with Crippen molar-refractivity contribution in [2.24, 2.45) is 5.92 Å². The molecule has 0 amide bonds. The maximum atomic E-state index is 12.9. The fourth-order valence-electron chi connectivity index (χ4n) is 4.21. The van der Waals surface area contributed by atoms with Gasteiger partial charge in [-0.1, -0.05) is 24.3 Å². The first-order valence-corrected chi connectivity index (χ1v) is 10.7. The van der Waals surface area contributed by atoms with Gasteiger partial charge >= 0.3 is 5.97 Å². The average Bonchev–Trinajstić information content (AvgIpc) is 3.08. The zero-order valence-electron chi connectivity index (χ0n) is 17.9. The van der Waals surface area contributed by atoms with Gasteiger partial charge in [-0.3, -0.25) is 14.5 Å². The third kappa shape index (κ3) is 4.35. The lowest BCUT2D eigenvalue weighted by molar-refractivity contribution is -0.150. The number of hydrogen-bond donors (Lipinski definition) is 1. The number of fused-ring (bicyclic) bond motifs is 1. The summed E-state index contributed by atoms with van der Waals surface area (Å²) < 4.78 is 11.2. The molecule has 2 aliphatic heterocycles. The number of esters is 1. The first kappa shape index (κ1) is 21.1. The molecule has 1 saturated heterocycles. The van der Waals surface area contributed by atoms with Gasteiger partial charge in [0, 0.05) is 13.1 Å². The first-order chi connectivity index (χ1) is 15.0. The number of phenolic OH excluding ortho intramolecular Hbond substituents is 1. The maximum Gasteiger partial charge on any atom is 0.310 e. The van der Waals surface area contributed by atoms with Crippen LogP contribution in [-0.4, -0.2) is 41.5 Å². The SMILES string of the molecule is CCOC(=O)C1CCCN(Cc2c(O)ccc3c2O/C(=C\c2ccccc2C)C3=O)C1. The van der Waals surface area contributed by atoms with Crippen LogP contribution in [0.1, 0.15) is 46.8 Å². The standard InChI is InChI=1S/C25H27NO5/c1-3-30-25(29)18-9-6-12-26(14-18)15-20-21(27)11-10-19-23(28)22(31-24(19)20)13-17-8-5-4-7-16(17)2/h4-5,7-8,10-11,13,18,27H,3,6,9,12,14-15H2,1-2H3/b22-13-. The first-order valence-electron chi connectivity index (χ1n) is 10.7. The fraction of sp³-hybridized carbons (Fsp3) is 0.360. The van der Waals surface area contributed by atoms with E-state index in [1.807, 2.05) is 31.2 Å². The molecule has 2 aliphatic rings. The normalized spacial score (nSPS) is 19.9. The molecule has 2 aromatic carbocycles. The monoisotopic (exact) mass is 421 g/mol. The minimum absolute atomic E-state index is 0.0851. The van der Waals surface area contributed by atoms with E-state index >= 15 is 0 Å². The molecule has 0 spiro atoms. The van der Waals surface area contributed by atoms with Crippen LogP contribution in [0.2, 0.25) is 0 Å². The summed E-state index contributed by atoms with van der Waals surface area (Å²) in [5, 5.41) is 10.5. The number of likely N-dealkylation sites (tertiary alicyclic amines) is 1. The van der Waals surface area contributed by atoms with Crippen molar-refractivity contribution in [2.75, 3.05) is 19.7 Å². The van der Waals surface area contributed by atoms with Crippen LogP contribution >= 0.6 is 0 Å². The number of carbonyl (C=O) groups excluding carboxylic acids is 2. The lowest BCUT2D eigenvalue weighted by atomic mass is 9.97. The van der Waals surface area contributed by atoms with Gasteiger partial charge in [0.25, 0.3) is 0 Å². The van der Waals surface area contributed by atoms with E-state index in [1.165, 1.54) is 0 Å². The van der Waals surface area contributed by atoms with Gasteiger partial charge in [0.15, 0.2) is 5.76 Å². The molecule has 0 aliphatic carbocycles. The minimum Gasteiger partial charge on any atom is -0.507 e. The summed E-state index contributed by atoms with van der Waals surface area (Å²) in [6, 6.07) is 10.9. The number of benzene rings is 2. The highest BCUT2D eigenvalue weighted by Gasteiger charge is 2.33. The van der Waals surface area contributed by atoms with Crippen molar-refractivity contribution in [1.29, 1.82) is 0 Å². The Morgan fingerprint density at radius 1 is 1.29 bits per heavy atom. The third-order valence-electron chi connectivity index (χ3n) is 5.90. The van der Waals surface area contributed by atoms with E-state index in [1.54, 1.807) is 25.1 Å². The number of phenols is 1. The van der Waals surface area contributed by atoms with Gasteiger partial charge in [-0.25, -0.2) is 0 Å². The quantitative estimate of drug-likeness (QED) is 0.579. The average molecular weight is 421 g/mol. The van der Waals surface area contributed by atoms with E-state index in [0.717, 1.165) is 30.5 Å². The number of allylic oxidation sites excluding steroid dienone is 1. The highest BCUT2D eigenvalue weighted by atomic mass is 16.5. The fourth-order valence-corrected chi connectivity index (χ4v) is 4.21. The van der Waals surface area contributed by atoms with Crippen LogP contribution in [0.5, 0.6) is 11.5 Å². The van der Waals surface area contributed by atoms with E-state index in [9.17, 15) is 14.7 Å². The van der Waals surface area contributed by atoms with Gasteiger partial charge < -0.3 is 14.6 Å². The van der Waals surface area contributed by atoms with E-state index in [-0.39, 0.29) is 29.2 Å². The van der Waals surface area contributed by atoms with Gasteiger partial charge in [0.1, 0.15) is 11.5 Å². The molecule has 2 heterocycles. The number of ketones is 1. The summed E-state index contributed by atoms with van der Waals surface area (Å²) >= 11 is 0. The molecular weight excluding hydrogens is 394 g/mol. The van der Waals surface area contributed by atoms with Crippen LogP contribution in [-0.2, 0) is 16.1 Å². The van der Waals surface area contributed by atoms with Gasteiger partial charge in [0.2, 0.25) is 5.78 Å². The molecule has 6 heteroatoms. The second-order valence-electron chi connectivity index (χ2n) is 8.06. The molecule has 31 heavy (non-hydrogen) atoms. The van der Waals surface area contributed by atoms with Crippen LogP contribution < -0.4 is 4.74 Å². The predicted octanol–water partition coefficient (Wildman–Crippen LogP) is 4.09. The molecule has 6 nitrogen and oxygen atoms in total. The van der Waals surface area contributed by atoms with Gasteiger partial charge in [-0.15, -0.1) is 0 Å². The van der Waals surface area contributed by atoms with Crippen molar-refractivity contribution in [1.82, 2.24) is 4.90 Å². The number of carbonyl (C=O) groups is 2. The number of piperidine rings is 1. The zero-order valence-corrected chi connectivity index (χ0v) is 17.9. The number of ether oxygens (including phenoxy) is 2. The summed E-state index contributed by atoms with van der Waals surface area (Å²) in [7, 11) is 0. The molecule has 1 fully saturated rings. The number of nitrogens with zero attached hydrogens (tertiary/aromatic N) is 1. The van der Waals surface area contributed by atoms with Crippen molar-refractivity contribution in [3.8, 4) is 11.5 Å². The van der Waals surface area contributed by atoms with E-state index in [4.69, 9.17) is 9.47 Å². The third-order valence-corrected chi connectivity index (χ3v) is 5.90. The van der Waals surface area contributed by atoms with Crippen LogP contribution in [0.25, 0.3) is 6.08 Å². The number of aromatic hydroxyl groups is 1. The summed E-state index contributed by atoms with van der Waals surface area (Å²) in [5.74, 6) is 0.197. The molecule has 0 aromatic heterocycles. The maximum absolute atomic E-state index is 12.9. The molecule has 0 radical (unpaired) electrons. The Hall–Kier alpha value is -3.12.